The van der Waals surface area contributed by atoms with E-state index in [1.165, 1.54) is 10.4 Å². The fourth-order valence-corrected chi connectivity index (χ4v) is 4.18. The van der Waals surface area contributed by atoms with Gasteiger partial charge >= 0.3 is 0 Å². The van der Waals surface area contributed by atoms with Gasteiger partial charge in [0.2, 0.25) is 0 Å². The van der Waals surface area contributed by atoms with Crippen molar-refractivity contribution in [2.75, 3.05) is 5.32 Å². The van der Waals surface area contributed by atoms with Gasteiger partial charge in [0.05, 0.1) is 23.8 Å². The van der Waals surface area contributed by atoms with Crippen LogP contribution in [0.1, 0.15) is 16.1 Å². The van der Waals surface area contributed by atoms with Gasteiger partial charge in [0.1, 0.15) is 27.7 Å². The highest BCUT2D eigenvalue weighted by Crippen LogP contribution is 2.32. The fraction of sp³-hybridized carbons (Fsp3) is 0.188. The van der Waals surface area contributed by atoms with Crippen LogP contribution in [0.4, 0.5) is 5.82 Å². The molecule has 0 fully saturated rings. The minimum atomic E-state index is 0.608. The van der Waals surface area contributed by atoms with Crippen LogP contribution in [0.15, 0.2) is 30.3 Å². The average Bonchev–Trinajstić information content (AvgIpc) is 3.19. The lowest BCUT2D eigenvalue weighted by molar-refractivity contribution is 1.05. The minimum absolute atomic E-state index is 0.608. The topological polar surface area (TPSA) is 76.5 Å². The van der Waals surface area contributed by atoms with Gasteiger partial charge in [-0.1, -0.05) is 0 Å². The van der Waals surface area contributed by atoms with E-state index in [1.54, 1.807) is 47.6 Å². The van der Waals surface area contributed by atoms with E-state index in [9.17, 15) is 0 Å². The third kappa shape index (κ3) is 2.74. The maximum Gasteiger partial charge on any atom is 0.143 e. The molecule has 0 radical (unpaired) electrons. The van der Waals surface area contributed by atoms with E-state index in [-0.39, 0.29) is 0 Å². The van der Waals surface area contributed by atoms with E-state index in [0.29, 0.717) is 6.54 Å². The zero-order valence-corrected chi connectivity index (χ0v) is 14.8. The Hall–Kier alpha value is -2.45. The van der Waals surface area contributed by atoms with Crippen molar-refractivity contribution in [2.45, 2.75) is 20.4 Å². The third-order valence-electron chi connectivity index (χ3n) is 3.74. The summed E-state index contributed by atoms with van der Waals surface area (Å²) in [6.07, 6.45) is 6.66. The monoisotopic (exact) mass is 354 g/mol. The first-order chi connectivity index (χ1) is 11.7. The molecule has 4 heterocycles. The Morgan fingerprint density at radius 1 is 1.12 bits per heavy atom. The maximum atomic E-state index is 4.62. The van der Waals surface area contributed by atoms with Gasteiger partial charge in [-0.05, 0) is 19.4 Å². The molecule has 1 N–H and O–H groups in total. The second-order valence-corrected chi connectivity index (χ2v) is 7.34. The normalized spacial score (nSPS) is 11.1. The molecule has 4 aromatic heterocycles. The number of thiophene rings is 1. The van der Waals surface area contributed by atoms with Crippen molar-refractivity contribution in [1.82, 2.24) is 24.9 Å². The number of hydrogen-bond acceptors (Lipinski definition) is 8. The molecule has 0 saturated carbocycles. The molecule has 0 atom stereocenters. The first kappa shape index (κ1) is 15.1. The van der Waals surface area contributed by atoms with Crippen LogP contribution in [0.2, 0.25) is 0 Å². The van der Waals surface area contributed by atoms with E-state index < -0.39 is 0 Å². The molecule has 4 rings (SSSR count). The maximum absolute atomic E-state index is 4.62. The molecule has 0 aliphatic rings. The highest BCUT2D eigenvalue weighted by molar-refractivity contribution is 7.18. The molecule has 0 unspecified atom stereocenters. The molecule has 0 aliphatic heterocycles. The number of thiazole rings is 1. The molecular weight excluding hydrogens is 340 g/mol. The van der Waals surface area contributed by atoms with Crippen LogP contribution in [-0.2, 0) is 6.54 Å². The standard InChI is InChI=1S/C16H14N6S2/c1-9-10(2)24-16-13(9)14(20-8-21-16)19-5-11-7-23-15(22-11)12-6-17-3-4-18-12/h3-4,6-8H,5H2,1-2H3,(H,19,20,21). The molecular formula is C16H14N6S2. The van der Waals surface area contributed by atoms with Crippen molar-refractivity contribution in [3.05, 3.63) is 46.4 Å². The lowest BCUT2D eigenvalue weighted by Crippen LogP contribution is -2.02. The number of fused-ring (bicyclic) bond motifs is 1. The molecule has 24 heavy (non-hydrogen) atoms. The SMILES string of the molecule is Cc1sc2ncnc(NCc3csc(-c4cnccn4)n3)c2c1C. The summed E-state index contributed by atoms with van der Waals surface area (Å²) >= 11 is 3.26. The van der Waals surface area contributed by atoms with E-state index >= 15 is 0 Å². The van der Waals surface area contributed by atoms with Gasteiger partial charge in [0.15, 0.2) is 0 Å². The van der Waals surface area contributed by atoms with Gasteiger partial charge in [-0.15, -0.1) is 22.7 Å². The number of aromatic nitrogens is 5. The molecule has 4 aromatic rings. The summed E-state index contributed by atoms with van der Waals surface area (Å²) in [5, 5.41) is 7.39. The highest BCUT2D eigenvalue weighted by atomic mass is 32.1. The quantitative estimate of drug-likeness (QED) is 0.600. The summed E-state index contributed by atoms with van der Waals surface area (Å²) in [6, 6.07) is 0. The summed E-state index contributed by atoms with van der Waals surface area (Å²) in [5.41, 5.74) is 2.98. The van der Waals surface area contributed by atoms with Crippen molar-refractivity contribution in [1.29, 1.82) is 0 Å². The van der Waals surface area contributed by atoms with Gasteiger partial charge in [0.25, 0.3) is 0 Å². The second-order valence-electron chi connectivity index (χ2n) is 5.27. The molecule has 0 aliphatic carbocycles. The van der Waals surface area contributed by atoms with Crippen molar-refractivity contribution >= 4 is 38.7 Å². The Bertz CT molecular complexity index is 992. The molecule has 8 heteroatoms. The molecule has 0 spiro atoms. The summed E-state index contributed by atoms with van der Waals surface area (Å²) in [7, 11) is 0. The van der Waals surface area contributed by atoms with Crippen LogP contribution in [-0.4, -0.2) is 24.9 Å². The highest BCUT2D eigenvalue weighted by Gasteiger charge is 2.12. The van der Waals surface area contributed by atoms with Gasteiger partial charge in [-0.25, -0.2) is 15.0 Å². The lowest BCUT2D eigenvalue weighted by atomic mass is 10.2. The van der Waals surface area contributed by atoms with Crippen LogP contribution in [0.25, 0.3) is 20.9 Å². The largest absolute Gasteiger partial charge is 0.364 e. The van der Waals surface area contributed by atoms with Crippen molar-refractivity contribution in [3.63, 3.8) is 0 Å². The Balaban J connectivity index is 1.57. The lowest BCUT2D eigenvalue weighted by Gasteiger charge is -2.05. The molecule has 0 aromatic carbocycles. The Morgan fingerprint density at radius 3 is 2.88 bits per heavy atom. The number of hydrogen-bond donors (Lipinski definition) is 1. The Kier molecular flexibility index (Phi) is 3.91. The smallest absolute Gasteiger partial charge is 0.143 e. The van der Waals surface area contributed by atoms with Crippen LogP contribution in [0.3, 0.4) is 0 Å². The van der Waals surface area contributed by atoms with E-state index in [1.807, 2.05) is 5.38 Å². The van der Waals surface area contributed by atoms with Crippen LogP contribution < -0.4 is 5.32 Å². The van der Waals surface area contributed by atoms with Crippen LogP contribution in [0, 0.1) is 13.8 Å². The number of aryl methyl sites for hydroxylation is 2. The average molecular weight is 354 g/mol. The number of anilines is 1. The predicted molar refractivity (Wildman–Crippen MR) is 97.4 cm³/mol. The van der Waals surface area contributed by atoms with Crippen molar-refractivity contribution < 1.29 is 0 Å². The van der Waals surface area contributed by atoms with Crippen LogP contribution in [0.5, 0.6) is 0 Å². The predicted octanol–water partition coefficient (Wildman–Crippen LogP) is 3.83. The van der Waals surface area contributed by atoms with Gasteiger partial charge in [-0.3, -0.25) is 9.97 Å². The van der Waals surface area contributed by atoms with E-state index in [4.69, 9.17) is 0 Å². The zero-order valence-electron chi connectivity index (χ0n) is 13.1. The minimum Gasteiger partial charge on any atom is -0.364 e. The second kappa shape index (κ2) is 6.21. The third-order valence-corrected chi connectivity index (χ3v) is 5.77. The van der Waals surface area contributed by atoms with Gasteiger partial charge < -0.3 is 5.32 Å². The molecule has 120 valence electrons. The summed E-state index contributed by atoms with van der Waals surface area (Å²) < 4.78 is 0. The summed E-state index contributed by atoms with van der Waals surface area (Å²) in [5.74, 6) is 0.857. The summed E-state index contributed by atoms with van der Waals surface area (Å²) in [4.78, 5) is 24.0. The zero-order chi connectivity index (χ0) is 16.5. The van der Waals surface area contributed by atoms with Crippen molar-refractivity contribution in [3.8, 4) is 10.7 Å². The van der Waals surface area contributed by atoms with Crippen molar-refractivity contribution in [2.24, 2.45) is 0 Å². The summed E-state index contributed by atoms with van der Waals surface area (Å²) in [6.45, 7) is 4.83. The number of nitrogens with zero attached hydrogens (tertiary/aromatic N) is 5. The number of rotatable bonds is 4. The molecule has 6 nitrogen and oxygen atoms in total. The van der Waals surface area contributed by atoms with E-state index in [0.717, 1.165) is 32.4 Å². The van der Waals surface area contributed by atoms with Gasteiger partial charge in [0, 0.05) is 22.7 Å². The molecule has 0 bridgehead atoms. The van der Waals surface area contributed by atoms with Crippen LogP contribution >= 0.6 is 22.7 Å². The van der Waals surface area contributed by atoms with E-state index in [2.05, 4.69) is 44.1 Å². The first-order valence-electron chi connectivity index (χ1n) is 7.37. The number of nitrogens with one attached hydrogen (secondary N) is 1. The Labute approximate surface area is 146 Å². The Morgan fingerprint density at radius 2 is 2.04 bits per heavy atom. The fourth-order valence-electron chi connectivity index (χ4n) is 2.41. The first-order valence-corrected chi connectivity index (χ1v) is 9.07. The van der Waals surface area contributed by atoms with Gasteiger partial charge in [-0.2, -0.15) is 0 Å². The molecule has 0 saturated heterocycles. The molecule has 0 amide bonds.